The minimum atomic E-state index is -4.73. The molecule has 3 heterocycles. The number of halogens is 3. The van der Waals surface area contributed by atoms with E-state index >= 15 is 0 Å². The quantitative estimate of drug-likeness (QED) is 0.513. The normalized spacial score (nSPS) is 22.0. The summed E-state index contributed by atoms with van der Waals surface area (Å²) in [6.07, 6.45) is -3.06. The first-order valence-corrected chi connectivity index (χ1v) is 10.8. The Morgan fingerprint density at radius 2 is 1.97 bits per heavy atom. The van der Waals surface area contributed by atoms with Crippen molar-refractivity contribution in [1.29, 1.82) is 0 Å². The summed E-state index contributed by atoms with van der Waals surface area (Å²) in [5, 5.41) is 0. The molecule has 0 radical (unpaired) electrons. The number of alkyl halides is 3. The third-order valence-corrected chi connectivity index (χ3v) is 5.94. The van der Waals surface area contributed by atoms with Gasteiger partial charge >= 0.3 is 6.36 Å². The molecule has 2 saturated heterocycles. The first-order chi connectivity index (χ1) is 16.8. The largest absolute Gasteiger partial charge is 0.522 e. The smallest absolute Gasteiger partial charge is 0.495 e. The van der Waals surface area contributed by atoms with Gasteiger partial charge in [-0.1, -0.05) is 0 Å². The number of likely N-dealkylation sites (tertiary alicyclic amines) is 1. The van der Waals surface area contributed by atoms with Crippen LogP contribution in [0.4, 0.5) is 13.2 Å². The SMILES string of the molecule is COc1cc(C(=O)N2CC[C@]3(c4ncccc4OC)OCOC3C2)ccc1OCCOC(F)(F)F. The Hall–Kier alpha value is -3.09. The zero-order valence-corrected chi connectivity index (χ0v) is 19.2. The van der Waals surface area contributed by atoms with Gasteiger partial charge in [-0.3, -0.25) is 14.5 Å². The first-order valence-electron chi connectivity index (χ1n) is 10.8. The highest BCUT2D eigenvalue weighted by Gasteiger charge is 2.53. The number of piperidine rings is 1. The van der Waals surface area contributed by atoms with Crippen LogP contribution in [0.1, 0.15) is 22.5 Å². The number of hydrogen-bond acceptors (Lipinski definition) is 8. The number of nitrogens with zero attached hydrogens (tertiary/aromatic N) is 2. The van der Waals surface area contributed by atoms with Crippen LogP contribution in [-0.4, -0.2) is 75.6 Å². The highest BCUT2D eigenvalue weighted by atomic mass is 19.4. The monoisotopic (exact) mass is 498 g/mol. The van der Waals surface area contributed by atoms with Crippen LogP contribution in [0.5, 0.6) is 17.2 Å². The standard InChI is InChI=1S/C23H25F3N2O7/c1-30-17-4-3-8-27-20(17)22-7-9-28(13-19(22)33-14-35-22)21(29)15-5-6-16(18(12-15)31-2)32-10-11-34-23(24,25)26/h3-6,8,12,19H,7,9-11,13-14H2,1-2H3/t19?,22-/m0/s1. The van der Waals surface area contributed by atoms with Gasteiger partial charge in [-0.2, -0.15) is 0 Å². The molecular formula is C23H25F3N2O7. The average molecular weight is 498 g/mol. The highest BCUT2D eigenvalue weighted by molar-refractivity contribution is 5.95. The van der Waals surface area contributed by atoms with Gasteiger partial charge in [0.1, 0.15) is 36.5 Å². The fourth-order valence-corrected chi connectivity index (χ4v) is 4.28. The zero-order chi connectivity index (χ0) is 25.1. The van der Waals surface area contributed by atoms with Crippen molar-refractivity contribution in [2.75, 3.05) is 47.3 Å². The predicted octanol–water partition coefficient (Wildman–Crippen LogP) is 3.13. The Kier molecular flexibility index (Phi) is 7.33. The van der Waals surface area contributed by atoms with E-state index in [9.17, 15) is 18.0 Å². The molecule has 9 nitrogen and oxygen atoms in total. The van der Waals surface area contributed by atoms with E-state index in [1.807, 2.05) is 0 Å². The number of ether oxygens (including phenoxy) is 6. The molecule has 1 aromatic carbocycles. The summed E-state index contributed by atoms with van der Waals surface area (Å²) in [5.74, 6) is 0.742. The van der Waals surface area contributed by atoms with Gasteiger partial charge in [0, 0.05) is 24.7 Å². The predicted molar refractivity (Wildman–Crippen MR) is 114 cm³/mol. The van der Waals surface area contributed by atoms with Crippen LogP contribution in [0.3, 0.4) is 0 Å². The fraction of sp³-hybridized carbons (Fsp3) is 0.478. The minimum absolute atomic E-state index is 0.0737. The third kappa shape index (κ3) is 5.29. The van der Waals surface area contributed by atoms with E-state index in [1.54, 1.807) is 30.3 Å². The molecule has 190 valence electrons. The number of benzene rings is 1. The second-order valence-electron chi connectivity index (χ2n) is 7.87. The van der Waals surface area contributed by atoms with Crippen molar-refractivity contribution < 1.29 is 46.4 Å². The van der Waals surface area contributed by atoms with Gasteiger partial charge < -0.3 is 28.6 Å². The van der Waals surface area contributed by atoms with Crippen molar-refractivity contribution in [2.24, 2.45) is 0 Å². The minimum Gasteiger partial charge on any atom is -0.495 e. The summed E-state index contributed by atoms with van der Waals surface area (Å²) in [4.78, 5) is 19.4. The number of rotatable bonds is 8. The third-order valence-electron chi connectivity index (χ3n) is 5.94. The van der Waals surface area contributed by atoms with Gasteiger partial charge in [0.25, 0.3) is 5.91 Å². The summed E-state index contributed by atoms with van der Waals surface area (Å²) in [7, 11) is 2.94. The molecule has 35 heavy (non-hydrogen) atoms. The van der Waals surface area contributed by atoms with Gasteiger partial charge in [0.15, 0.2) is 11.5 Å². The number of carbonyl (C=O) groups is 1. The van der Waals surface area contributed by atoms with Gasteiger partial charge in [0.05, 0.1) is 27.4 Å². The van der Waals surface area contributed by atoms with Crippen LogP contribution >= 0.6 is 0 Å². The van der Waals surface area contributed by atoms with Crippen LogP contribution < -0.4 is 14.2 Å². The van der Waals surface area contributed by atoms with E-state index in [-0.39, 0.29) is 37.4 Å². The van der Waals surface area contributed by atoms with E-state index in [4.69, 9.17) is 23.7 Å². The average Bonchev–Trinajstić information content (AvgIpc) is 3.29. The van der Waals surface area contributed by atoms with Crippen LogP contribution in [0.25, 0.3) is 0 Å². The maximum atomic E-state index is 13.3. The molecule has 4 rings (SSSR count). The molecule has 2 aliphatic rings. The van der Waals surface area contributed by atoms with Crippen molar-refractivity contribution in [2.45, 2.75) is 24.5 Å². The topological polar surface area (TPSA) is 88.6 Å². The molecule has 0 bridgehead atoms. The zero-order valence-electron chi connectivity index (χ0n) is 19.2. The molecule has 2 aliphatic heterocycles. The lowest BCUT2D eigenvalue weighted by atomic mass is 9.84. The van der Waals surface area contributed by atoms with E-state index in [2.05, 4.69) is 9.72 Å². The Bertz CT molecular complexity index is 1050. The molecule has 0 saturated carbocycles. The lowest BCUT2D eigenvalue weighted by Crippen LogP contribution is -2.54. The molecule has 2 aromatic rings. The van der Waals surface area contributed by atoms with Crippen LogP contribution in [0, 0.1) is 0 Å². The Morgan fingerprint density at radius 1 is 1.17 bits per heavy atom. The summed E-state index contributed by atoms with van der Waals surface area (Å²) in [6.45, 7) is -0.285. The molecule has 12 heteroatoms. The van der Waals surface area contributed by atoms with Gasteiger partial charge in [-0.05, 0) is 30.3 Å². The van der Waals surface area contributed by atoms with Gasteiger partial charge in [-0.25, -0.2) is 0 Å². The molecule has 1 amide bonds. The van der Waals surface area contributed by atoms with Crippen LogP contribution in [-0.2, 0) is 19.8 Å². The van der Waals surface area contributed by atoms with Crippen molar-refractivity contribution >= 4 is 5.91 Å². The number of fused-ring (bicyclic) bond motifs is 1. The number of pyridine rings is 1. The van der Waals surface area contributed by atoms with Crippen molar-refractivity contribution in [3.8, 4) is 17.2 Å². The molecule has 2 atom stereocenters. The van der Waals surface area contributed by atoms with E-state index in [0.717, 1.165) is 0 Å². The Labute approximate surface area is 199 Å². The lowest BCUT2D eigenvalue weighted by Gasteiger charge is -2.41. The first kappa shape index (κ1) is 25.0. The summed E-state index contributed by atoms with van der Waals surface area (Å²) in [6, 6.07) is 8.06. The van der Waals surface area contributed by atoms with E-state index < -0.39 is 24.7 Å². The van der Waals surface area contributed by atoms with Gasteiger partial charge in [0.2, 0.25) is 0 Å². The van der Waals surface area contributed by atoms with Gasteiger partial charge in [-0.15, -0.1) is 13.2 Å². The lowest BCUT2D eigenvalue weighted by molar-refractivity contribution is -0.325. The Morgan fingerprint density at radius 3 is 2.71 bits per heavy atom. The molecule has 0 aliphatic carbocycles. The van der Waals surface area contributed by atoms with E-state index in [1.165, 1.54) is 25.3 Å². The summed E-state index contributed by atoms with van der Waals surface area (Å²) < 4.78 is 67.9. The summed E-state index contributed by atoms with van der Waals surface area (Å²) in [5.41, 5.74) is 0.148. The number of amides is 1. The summed E-state index contributed by atoms with van der Waals surface area (Å²) >= 11 is 0. The van der Waals surface area contributed by atoms with Crippen LogP contribution in [0.2, 0.25) is 0 Å². The van der Waals surface area contributed by atoms with Crippen molar-refractivity contribution in [3.05, 3.63) is 47.8 Å². The molecule has 0 N–H and O–H groups in total. The molecule has 1 aromatic heterocycles. The van der Waals surface area contributed by atoms with E-state index in [0.29, 0.717) is 30.0 Å². The fourth-order valence-electron chi connectivity index (χ4n) is 4.28. The highest BCUT2D eigenvalue weighted by Crippen LogP contribution is 2.45. The molecule has 2 fully saturated rings. The van der Waals surface area contributed by atoms with Crippen LogP contribution in [0.15, 0.2) is 36.5 Å². The maximum Gasteiger partial charge on any atom is 0.522 e. The molecule has 0 spiro atoms. The second kappa shape index (κ2) is 10.3. The number of methoxy groups -OCH3 is 2. The van der Waals surface area contributed by atoms with Crippen molar-refractivity contribution in [1.82, 2.24) is 9.88 Å². The number of aromatic nitrogens is 1. The molecular weight excluding hydrogens is 473 g/mol. The molecule has 1 unspecified atom stereocenters. The van der Waals surface area contributed by atoms with Crippen molar-refractivity contribution in [3.63, 3.8) is 0 Å². The Balaban J connectivity index is 1.45. The number of carbonyl (C=O) groups excluding carboxylic acids is 1. The second-order valence-corrected chi connectivity index (χ2v) is 7.87. The number of hydrogen-bond donors (Lipinski definition) is 0. The maximum absolute atomic E-state index is 13.3.